The average Bonchev–Trinajstić information content (AvgIpc) is 3.42. The number of methoxy groups -OCH3 is 1. The van der Waals surface area contributed by atoms with Crippen LogP contribution in [0.4, 0.5) is 11.4 Å². The zero-order valence-corrected chi connectivity index (χ0v) is 15.9. The molecule has 2 amide bonds. The number of anilines is 2. The van der Waals surface area contributed by atoms with E-state index in [1.54, 1.807) is 36.4 Å². The Bertz CT molecular complexity index is 862. The first-order valence-electron chi connectivity index (χ1n) is 8.08. The Labute approximate surface area is 161 Å². The number of ether oxygens (including phenoxy) is 1. The lowest BCUT2D eigenvalue weighted by Gasteiger charge is -2.17. The van der Waals surface area contributed by atoms with Crippen LogP contribution in [0.2, 0.25) is 10.0 Å². The molecule has 26 heavy (non-hydrogen) atoms. The summed E-state index contributed by atoms with van der Waals surface area (Å²) >= 11 is 11.9. The van der Waals surface area contributed by atoms with Crippen molar-refractivity contribution < 1.29 is 14.3 Å². The lowest BCUT2D eigenvalue weighted by Crippen LogP contribution is -2.35. The highest BCUT2D eigenvalue weighted by atomic mass is 35.5. The smallest absolute Gasteiger partial charge is 0.240 e. The Kier molecular flexibility index (Phi) is 5.12. The number of carbonyl (C=O) groups excluding carboxylic acids is 2. The molecule has 1 aliphatic carbocycles. The molecule has 0 bridgehead atoms. The van der Waals surface area contributed by atoms with Gasteiger partial charge in [0.1, 0.15) is 11.2 Å². The second-order valence-electron chi connectivity index (χ2n) is 6.30. The molecule has 0 radical (unpaired) electrons. The molecule has 0 atom stereocenters. The fourth-order valence-corrected chi connectivity index (χ4v) is 2.92. The minimum atomic E-state index is -1.07. The standard InChI is InChI=1S/C19H18Cl2N2O3/c1-11-9-15(16(26-2)10-14(11)21)23-18(25)19(7-8-19)17(24)22-13-5-3-12(20)4-6-13/h3-6,9-10H,7-8H2,1-2H3,(H,22,24)(H,23,25). The third-order valence-corrected chi connectivity index (χ3v) is 5.11. The first-order chi connectivity index (χ1) is 12.4. The normalized spacial score (nSPS) is 14.5. The zero-order chi connectivity index (χ0) is 18.9. The van der Waals surface area contributed by atoms with E-state index in [1.807, 2.05) is 6.92 Å². The van der Waals surface area contributed by atoms with Crippen LogP contribution in [0.1, 0.15) is 18.4 Å². The Morgan fingerprint density at radius 2 is 1.65 bits per heavy atom. The molecule has 0 heterocycles. The number of hydrogen-bond acceptors (Lipinski definition) is 3. The summed E-state index contributed by atoms with van der Waals surface area (Å²) in [6, 6.07) is 10.1. The van der Waals surface area contributed by atoms with Gasteiger partial charge in [0.05, 0.1) is 12.8 Å². The molecular formula is C19H18Cl2N2O3. The number of hydrogen-bond donors (Lipinski definition) is 2. The highest BCUT2D eigenvalue weighted by Gasteiger charge is 2.56. The van der Waals surface area contributed by atoms with Gasteiger partial charge in [-0.15, -0.1) is 0 Å². The molecule has 0 saturated heterocycles. The zero-order valence-electron chi connectivity index (χ0n) is 14.4. The van der Waals surface area contributed by atoms with Crippen LogP contribution in [0, 0.1) is 12.3 Å². The van der Waals surface area contributed by atoms with Gasteiger partial charge < -0.3 is 15.4 Å². The van der Waals surface area contributed by atoms with E-state index in [9.17, 15) is 9.59 Å². The van der Waals surface area contributed by atoms with Crippen molar-refractivity contribution in [3.05, 3.63) is 52.0 Å². The Morgan fingerprint density at radius 3 is 2.23 bits per heavy atom. The number of amides is 2. The monoisotopic (exact) mass is 392 g/mol. The summed E-state index contributed by atoms with van der Waals surface area (Å²) in [7, 11) is 1.50. The molecular weight excluding hydrogens is 375 g/mol. The highest BCUT2D eigenvalue weighted by molar-refractivity contribution is 6.31. The molecule has 0 aliphatic heterocycles. The van der Waals surface area contributed by atoms with Crippen LogP contribution in [-0.4, -0.2) is 18.9 Å². The molecule has 1 saturated carbocycles. The SMILES string of the molecule is COc1cc(Cl)c(C)cc1NC(=O)C1(C(=O)Nc2ccc(Cl)cc2)CC1. The van der Waals surface area contributed by atoms with Crippen molar-refractivity contribution in [2.45, 2.75) is 19.8 Å². The summed E-state index contributed by atoms with van der Waals surface area (Å²) in [6.45, 7) is 1.83. The predicted molar refractivity (Wildman–Crippen MR) is 103 cm³/mol. The minimum absolute atomic E-state index is 0.332. The number of benzene rings is 2. The van der Waals surface area contributed by atoms with E-state index in [-0.39, 0.29) is 11.8 Å². The van der Waals surface area contributed by atoms with Crippen molar-refractivity contribution in [3.8, 4) is 5.75 Å². The molecule has 1 aliphatic rings. The van der Waals surface area contributed by atoms with Crippen LogP contribution in [-0.2, 0) is 9.59 Å². The van der Waals surface area contributed by atoms with Crippen molar-refractivity contribution in [2.24, 2.45) is 5.41 Å². The van der Waals surface area contributed by atoms with Crippen LogP contribution in [0.3, 0.4) is 0 Å². The largest absolute Gasteiger partial charge is 0.495 e. The van der Waals surface area contributed by atoms with E-state index in [2.05, 4.69) is 10.6 Å². The maximum Gasteiger partial charge on any atom is 0.240 e. The Hall–Kier alpha value is -2.24. The molecule has 7 heteroatoms. The van der Waals surface area contributed by atoms with Gasteiger partial charge in [-0.2, -0.15) is 0 Å². The fourth-order valence-electron chi connectivity index (χ4n) is 2.64. The molecule has 0 aromatic heterocycles. The fraction of sp³-hybridized carbons (Fsp3) is 0.263. The van der Waals surface area contributed by atoms with Crippen LogP contribution >= 0.6 is 23.2 Å². The quantitative estimate of drug-likeness (QED) is 0.726. The molecule has 2 aromatic rings. The highest BCUT2D eigenvalue weighted by Crippen LogP contribution is 2.48. The second kappa shape index (κ2) is 7.17. The maximum atomic E-state index is 12.8. The van der Waals surface area contributed by atoms with E-state index in [4.69, 9.17) is 27.9 Å². The topological polar surface area (TPSA) is 67.4 Å². The first-order valence-corrected chi connectivity index (χ1v) is 8.84. The number of aryl methyl sites for hydroxylation is 1. The molecule has 5 nitrogen and oxygen atoms in total. The Balaban J connectivity index is 1.76. The van der Waals surface area contributed by atoms with Gasteiger partial charge >= 0.3 is 0 Å². The summed E-state index contributed by atoms with van der Waals surface area (Å²) in [5.74, 6) is -0.242. The van der Waals surface area contributed by atoms with Crippen molar-refractivity contribution in [3.63, 3.8) is 0 Å². The summed E-state index contributed by atoms with van der Waals surface area (Å²) in [4.78, 5) is 25.4. The van der Waals surface area contributed by atoms with Crippen LogP contribution < -0.4 is 15.4 Å². The van der Waals surface area contributed by atoms with Gasteiger partial charge in [0.25, 0.3) is 0 Å². The summed E-state index contributed by atoms with van der Waals surface area (Å²) in [6.07, 6.45) is 0.986. The average molecular weight is 393 g/mol. The van der Waals surface area contributed by atoms with E-state index < -0.39 is 5.41 Å². The predicted octanol–water partition coefficient (Wildman–Crippen LogP) is 4.67. The molecule has 3 rings (SSSR count). The second-order valence-corrected chi connectivity index (χ2v) is 7.14. The first kappa shape index (κ1) is 18.5. The van der Waals surface area contributed by atoms with Gasteiger partial charge in [-0.1, -0.05) is 23.2 Å². The molecule has 1 fully saturated rings. The third-order valence-electron chi connectivity index (χ3n) is 4.45. The number of halogens is 2. The van der Waals surface area contributed by atoms with Gasteiger partial charge in [-0.3, -0.25) is 9.59 Å². The third kappa shape index (κ3) is 3.64. The van der Waals surface area contributed by atoms with E-state index in [0.717, 1.165) is 5.56 Å². The molecule has 0 spiro atoms. The van der Waals surface area contributed by atoms with Gasteiger partial charge in [0.2, 0.25) is 11.8 Å². The molecule has 2 N–H and O–H groups in total. The van der Waals surface area contributed by atoms with Crippen molar-refractivity contribution in [1.82, 2.24) is 0 Å². The summed E-state index contributed by atoms with van der Waals surface area (Å²) in [5.41, 5.74) is 0.819. The lowest BCUT2D eigenvalue weighted by atomic mass is 10.0. The molecule has 0 unspecified atom stereocenters. The van der Waals surface area contributed by atoms with Crippen LogP contribution in [0.15, 0.2) is 36.4 Å². The number of nitrogens with one attached hydrogen (secondary N) is 2. The summed E-state index contributed by atoms with van der Waals surface area (Å²) in [5, 5.41) is 6.70. The van der Waals surface area contributed by atoms with Gasteiger partial charge in [-0.25, -0.2) is 0 Å². The van der Waals surface area contributed by atoms with E-state index >= 15 is 0 Å². The van der Waals surface area contributed by atoms with E-state index in [1.165, 1.54) is 7.11 Å². The number of carbonyl (C=O) groups is 2. The van der Waals surface area contributed by atoms with Crippen LogP contribution in [0.25, 0.3) is 0 Å². The molecule has 136 valence electrons. The minimum Gasteiger partial charge on any atom is -0.495 e. The van der Waals surface area contributed by atoms with Gasteiger partial charge in [-0.05, 0) is 55.7 Å². The lowest BCUT2D eigenvalue weighted by molar-refractivity contribution is -0.131. The van der Waals surface area contributed by atoms with Crippen molar-refractivity contribution in [1.29, 1.82) is 0 Å². The Morgan fingerprint density at radius 1 is 1.04 bits per heavy atom. The maximum absolute atomic E-state index is 12.8. The van der Waals surface area contributed by atoms with Crippen molar-refractivity contribution >= 4 is 46.4 Å². The number of rotatable bonds is 5. The van der Waals surface area contributed by atoms with Gasteiger partial charge in [0, 0.05) is 21.8 Å². The van der Waals surface area contributed by atoms with E-state index in [0.29, 0.717) is 40.0 Å². The summed E-state index contributed by atoms with van der Waals surface area (Å²) < 4.78 is 5.27. The molecule has 2 aromatic carbocycles. The van der Waals surface area contributed by atoms with Crippen LogP contribution in [0.5, 0.6) is 5.75 Å². The van der Waals surface area contributed by atoms with Crippen molar-refractivity contribution in [2.75, 3.05) is 17.7 Å². The van der Waals surface area contributed by atoms with Gasteiger partial charge in [0.15, 0.2) is 0 Å².